The molecule has 2 aliphatic rings. The zero-order valence-corrected chi connectivity index (χ0v) is 16.0. The van der Waals surface area contributed by atoms with E-state index in [1.54, 1.807) is 4.90 Å². The summed E-state index contributed by atoms with van der Waals surface area (Å²) in [7, 11) is -3.90. The average molecular weight is 428 g/mol. The molecule has 0 radical (unpaired) electrons. The summed E-state index contributed by atoms with van der Waals surface area (Å²) in [4.78, 5) is 13.6. The summed E-state index contributed by atoms with van der Waals surface area (Å²) in [5.41, 5.74) is -0.889. The van der Waals surface area contributed by atoms with Gasteiger partial charge < -0.3 is 10.2 Å². The predicted octanol–water partition coefficient (Wildman–Crippen LogP) is 1.71. The Morgan fingerprint density at radius 1 is 1.11 bits per heavy atom. The van der Waals surface area contributed by atoms with Crippen molar-refractivity contribution in [3.05, 3.63) is 29.8 Å². The van der Waals surface area contributed by atoms with Crippen molar-refractivity contribution in [3.8, 4) is 0 Å². The molecule has 2 saturated heterocycles. The lowest BCUT2D eigenvalue weighted by atomic mass is 10.1. The molecule has 0 aliphatic carbocycles. The molecule has 1 unspecified atom stereocenters. The molecule has 27 heavy (non-hydrogen) atoms. The van der Waals surface area contributed by atoms with Crippen LogP contribution in [0.1, 0.15) is 18.4 Å². The van der Waals surface area contributed by atoms with Crippen LogP contribution in [0.4, 0.5) is 13.2 Å². The molecular weight excluding hydrogens is 407 g/mol. The minimum Gasteiger partial charge on any atom is -0.336 e. The summed E-state index contributed by atoms with van der Waals surface area (Å²) in [6, 6.07) is 3.31. The Morgan fingerprint density at radius 2 is 1.78 bits per heavy atom. The molecule has 1 aromatic rings. The van der Waals surface area contributed by atoms with Gasteiger partial charge in [-0.1, -0.05) is 0 Å². The molecule has 0 spiro atoms. The van der Waals surface area contributed by atoms with Gasteiger partial charge in [-0.3, -0.25) is 4.79 Å². The maximum atomic E-state index is 12.8. The van der Waals surface area contributed by atoms with Crippen molar-refractivity contribution < 1.29 is 26.4 Å². The number of carbonyl (C=O) groups excluding carboxylic acids is 1. The number of alkyl halides is 3. The van der Waals surface area contributed by atoms with E-state index in [2.05, 4.69) is 5.32 Å². The van der Waals surface area contributed by atoms with Crippen LogP contribution < -0.4 is 5.32 Å². The number of benzene rings is 1. The van der Waals surface area contributed by atoms with E-state index in [1.165, 1.54) is 4.31 Å². The lowest BCUT2D eigenvalue weighted by Crippen LogP contribution is -2.57. The molecular formula is C16H21ClF3N3O3S. The highest BCUT2D eigenvalue weighted by atomic mass is 35.5. The monoisotopic (exact) mass is 427 g/mol. The first kappa shape index (κ1) is 21.9. The highest BCUT2D eigenvalue weighted by Crippen LogP contribution is 2.31. The Kier molecular flexibility index (Phi) is 6.77. The molecule has 1 aromatic carbocycles. The number of hydrogen-bond donors (Lipinski definition) is 1. The highest BCUT2D eigenvalue weighted by molar-refractivity contribution is 7.89. The van der Waals surface area contributed by atoms with E-state index in [-0.39, 0.29) is 42.3 Å². The number of piperazine rings is 1. The van der Waals surface area contributed by atoms with Crippen LogP contribution in [-0.4, -0.2) is 62.3 Å². The van der Waals surface area contributed by atoms with Crippen molar-refractivity contribution in [2.75, 3.05) is 32.7 Å². The SMILES string of the molecule is Cl.O=C1CNCCN1C1CCCN(S(=O)(=O)c2ccc(C(F)(F)F)cc2)C1. The van der Waals surface area contributed by atoms with E-state index < -0.39 is 21.8 Å². The Balaban J connectivity index is 0.00000261. The second kappa shape index (κ2) is 8.34. The van der Waals surface area contributed by atoms with Crippen LogP contribution in [-0.2, 0) is 21.0 Å². The number of amides is 1. The van der Waals surface area contributed by atoms with E-state index in [9.17, 15) is 26.4 Å². The Hall–Kier alpha value is -1.36. The maximum Gasteiger partial charge on any atom is 0.416 e. The highest BCUT2D eigenvalue weighted by Gasteiger charge is 2.36. The summed E-state index contributed by atoms with van der Waals surface area (Å²) in [5.74, 6) is -0.0602. The molecule has 11 heteroatoms. The van der Waals surface area contributed by atoms with Gasteiger partial charge in [-0.25, -0.2) is 8.42 Å². The zero-order valence-electron chi connectivity index (χ0n) is 14.4. The maximum absolute atomic E-state index is 12.8. The second-order valence-corrected chi connectivity index (χ2v) is 8.38. The van der Waals surface area contributed by atoms with Crippen LogP contribution in [0, 0.1) is 0 Å². The molecule has 6 nitrogen and oxygen atoms in total. The average Bonchev–Trinajstić information content (AvgIpc) is 2.61. The topological polar surface area (TPSA) is 69.7 Å². The molecule has 0 bridgehead atoms. The third-order valence-electron chi connectivity index (χ3n) is 4.75. The van der Waals surface area contributed by atoms with Gasteiger partial charge in [0.25, 0.3) is 0 Å². The van der Waals surface area contributed by atoms with Crippen LogP contribution in [0.2, 0.25) is 0 Å². The standard InChI is InChI=1S/C16H20F3N3O3S.ClH/c17-16(18,19)12-3-5-14(6-4-12)26(24,25)21-8-1-2-13(11-21)22-9-7-20-10-15(22)23;/h3-6,13,20H,1-2,7-11H2;1H. The van der Waals surface area contributed by atoms with Gasteiger partial charge in [0.05, 0.1) is 17.0 Å². The molecule has 2 heterocycles. The number of rotatable bonds is 3. The van der Waals surface area contributed by atoms with Crippen molar-refractivity contribution in [2.24, 2.45) is 0 Å². The second-order valence-electron chi connectivity index (χ2n) is 6.45. The van der Waals surface area contributed by atoms with Gasteiger partial charge >= 0.3 is 6.18 Å². The van der Waals surface area contributed by atoms with Crippen molar-refractivity contribution in [1.82, 2.24) is 14.5 Å². The summed E-state index contributed by atoms with van der Waals surface area (Å²) < 4.78 is 64.8. The number of hydrogen-bond acceptors (Lipinski definition) is 4. The van der Waals surface area contributed by atoms with Crippen LogP contribution in [0.3, 0.4) is 0 Å². The van der Waals surface area contributed by atoms with E-state index in [0.29, 0.717) is 32.5 Å². The van der Waals surface area contributed by atoms with Gasteiger partial charge in [-0.2, -0.15) is 17.5 Å². The summed E-state index contributed by atoms with van der Waals surface area (Å²) >= 11 is 0. The predicted molar refractivity (Wildman–Crippen MR) is 95.1 cm³/mol. The lowest BCUT2D eigenvalue weighted by Gasteiger charge is -2.40. The Labute approximate surface area is 162 Å². The van der Waals surface area contributed by atoms with E-state index in [0.717, 1.165) is 24.3 Å². The van der Waals surface area contributed by atoms with Crippen LogP contribution in [0.5, 0.6) is 0 Å². The quantitative estimate of drug-likeness (QED) is 0.797. The lowest BCUT2D eigenvalue weighted by molar-refractivity contribution is -0.137. The van der Waals surface area contributed by atoms with Gasteiger partial charge in [-0.05, 0) is 37.1 Å². The molecule has 3 rings (SSSR count). The molecule has 1 atom stereocenters. The number of piperidine rings is 1. The van der Waals surface area contributed by atoms with Crippen LogP contribution in [0.25, 0.3) is 0 Å². The molecule has 2 aliphatic heterocycles. The number of nitrogens with one attached hydrogen (secondary N) is 1. The molecule has 152 valence electrons. The first-order valence-corrected chi connectivity index (χ1v) is 9.81. The third-order valence-corrected chi connectivity index (χ3v) is 6.62. The largest absolute Gasteiger partial charge is 0.416 e. The molecule has 0 saturated carbocycles. The first-order valence-electron chi connectivity index (χ1n) is 8.37. The fourth-order valence-electron chi connectivity index (χ4n) is 3.37. The van der Waals surface area contributed by atoms with E-state index in [1.807, 2.05) is 0 Å². The van der Waals surface area contributed by atoms with E-state index >= 15 is 0 Å². The van der Waals surface area contributed by atoms with Gasteiger partial charge in [-0.15, -0.1) is 12.4 Å². The number of halogens is 4. The third kappa shape index (κ3) is 4.74. The minimum atomic E-state index is -4.51. The zero-order chi connectivity index (χ0) is 18.9. The molecule has 2 fully saturated rings. The van der Waals surface area contributed by atoms with Gasteiger partial charge in [0.1, 0.15) is 0 Å². The summed E-state index contributed by atoms with van der Waals surface area (Å²) in [5, 5.41) is 2.97. The van der Waals surface area contributed by atoms with Gasteiger partial charge in [0, 0.05) is 32.2 Å². The van der Waals surface area contributed by atoms with E-state index in [4.69, 9.17) is 0 Å². The fraction of sp³-hybridized carbons (Fsp3) is 0.562. The van der Waals surface area contributed by atoms with Gasteiger partial charge in [0.2, 0.25) is 15.9 Å². The van der Waals surface area contributed by atoms with Crippen LogP contribution >= 0.6 is 12.4 Å². The number of carbonyl (C=O) groups is 1. The Morgan fingerprint density at radius 3 is 2.37 bits per heavy atom. The van der Waals surface area contributed by atoms with Crippen molar-refractivity contribution in [2.45, 2.75) is 30.0 Å². The van der Waals surface area contributed by atoms with Crippen LogP contribution in [0.15, 0.2) is 29.2 Å². The Bertz CT molecular complexity index is 771. The van der Waals surface area contributed by atoms with Crippen molar-refractivity contribution in [3.63, 3.8) is 0 Å². The normalized spacial score (nSPS) is 22.4. The van der Waals surface area contributed by atoms with Gasteiger partial charge in [0.15, 0.2) is 0 Å². The minimum absolute atomic E-state index is 0. The molecule has 1 N–H and O–H groups in total. The summed E-state index contributed by atoms with van der Waals surface area (Å²) in [6.07, 6.45) is -3.20. The first-order chi connectivity index (χ1) is 12.2. The number of nitrogens with zero attached hydrogens (tertiary/aromatic N) is 2. The molecule has 1 amide bonds. The number of sulfonamides is 1. The van der Waals surface area contributed by atoms with Crippen molar-refractivity contribution >= 4 is 28.3 Å². The smallest absolute Gasteiger partial charge is 0.336 e. The van der Waals surface area contributed by atoms with Crippen molar-refractivity contribution in [1.29, 1.82) is 0 Å². The fourth-order valence-corrected chi connectivity index (χ4v) is 4.88. The summed E-state index contributed by atoms with van der Waals surface area (Å²) in [6.45, 7) is 1.88. The molecule has 0 aromatic heterocycles.